The highest BCUT2D eigenvalue weighted by atomic mass is 16.3. The number of carbonyl (C=O) groups is 1. The topological polar surface area (TPSA) is 69.6 Å². The molecule has 0 heterocycles. The Bertz CT molecular complexity index is 628. The third-order valence-corrected chi connectivity index (χ3v) is 2.09. The second-order valence-corrected chi connectivity index (χ2v) is 3.53. The summed E-state index contributed by atoms with van der Waals surface area (Å²) in [6.07, 6.45) is 0. The average Bonchev–Trinajstić information content (AvgIpc) is 2.43. The van der Waals surface area contributed by atoms with Crippen molar-refractivity contribution < 1.29 is 27.3 Å². The Morgan fingerprint density at radius 1 is 1.47 bits per heavy atom. The maximum absolute atomic E-state index is 12.3. The monoisotopic (exact) mass is 246 g/mol. The summed E-state index contributed by atoms with van der Waals surface area (Å²) in [6.45, 7) is -11.8. The van der Waals surface area contributed by atoms with Gasteiger partial charge in [-0.1, -0.05) is 0 Å². The molecule has 0 saturated heterocycles. The van der Waals surface area contributed by atoms with Crippen molar-refractivity contribution in [3.05, 3.63) is 29.3 Å². The third kappa shape index (κ3) is 4.17. The van der Waals surface area contributed by atoms with Crippen molar-refractivity contribution in [3.8, 4) is 5.75 Å². The molecule has 0 amide bonds. The molecule has 0 radical (unpaired) electrons. The highest BCUT2D eigenvalue weighted by Gasteiger charge is 2.13. The molecule has 17 heavy (non-hydrogen) atoms. The van der Waals surface area contributed by atoms with Gasteiger partial charge in [0.15, 0.2) is 5.78 Å². The van der Waals surface area contributed by atoms with Crippen LogP contribution in [0.1, 0.15) is 48.8 Å². The van der Waals surface area contributed by atoms with Gasteiger partial charge < -0.3 is 15.5 Å². The molecule has 0 atom stereocenters. The minimum Gasteiger partial charge on any atom is -0.508 e. The molecule has 0 aliphatic rings. The van der Waals surface area contributed by atoms with E-state index in [2.05, 4.69) is 0 Å². The van der Waals surface area contributed by atoms with Gasteiger partial charge in [-0.05, 0) is 38.8 Å². The number of rotatable bonds is 4. The molecule has 94 valence electrons. The first-order valence-corrected chi connectivity index (χ1v) is 4.79. The Labute approximate surface area is 114 Å². The largest absolute Gasteiger partial charge is 0.508 e. The predicted octanol–water partition coefficient (Wildman–Crippen LogP) is 1.46. The van der Waals surface area contributed by atoms with Crippen LogP contribution >= 0.6 is 0 Å². The molecular weight excluding hydrogens is 218 g/mol. The second-order valence-electron chi connectivity index (χ2n) is 3.53. The maximum atomic E-state index is 12.3. The van der Waals surface area contributed by atoms with E-state index in [1.54, 1.807) is 0 Å². The van der Waals surface area contributed by atoms with Crippen molar-refractivity contribution in [2.75, 3.05) is 6.54 Å². The van der Waals surface area contributed by atoms with E-state index in [-0.39, 0.29) is 16.9 Å². The molecule has 0 aromatic heterocycles. The number of hydrogen-bond donors (Lipinski definition) is 3. The zero-order chi connectivity index (χ0) is 20.6. The SMILES string of the molecule is [2H]C([2H])([2H])C(NCC(=O)c1ccc(O)c(CO)c1)(C([2H])([2H])[2H])C([2H])([2H])[2H]. The summed E-state index contributed by atoms with van der Waals surface area (Å²) in [5, 5.41) is 20.5. The van der Waals surface area contributed by atoms with Gasteiger partial charge >= 0.3 is 0 Å². The summed E-state index contributed by atoms with van der Waals surface area (Å²) in [5.41, 5.74) is -3.33. The van der Waals surface area contributed by atoms with Crippen LogP contribution < -0.4 is 5.32 Å². The van der Waals surface area contributed by atoms with Crippen LogP contribution in [0.2, 0.25) is 0 Å². The predicted molar refractivity (Wildman–Crippen MR) is 66.1 cm³/mol. The van der Waals surface area contributed by atoms with E-state index in [0.29, 0.717) is 0 Å². The summed E-state index contributed by atoms with van der Waals surface area (Å²) in [5.74, 6) is -1.07. The lowest BCUT2D eigenvalue weighted by atomic mass is 10.0. The lowest BCUT2D eigenvalue weighted by Crippen LogP contribution is -2.39. The number of aliphatic hydroxyl groups is 1. The van der Waals surface area contributed by atoms with Gasteiger partial charge in [-0.2, -0.15) is 0 Å². The summed E-state index contributed by atoms with van der Waals surface area (Å²) in [4.78, 5) is 12.3. The number of aliphatic hydroxyl groups excluding tert-OH is 1. The Balaban J connectivity index is 3.25. The van der Waals surface area contributed by atoms with Gasteiger partial charge in [-0.3, -0.25) is 4.79 Å². The van der Waals surface area contributed by atoms with Gasteiger partial charge in [0.2, 0.25) is 0 Å². The van der Waals surface area contributed by atoms with Gasteiger partial charge in [-0.15, -0.1) is 0 Å². The molecular formula is C13H19NO3. The highest BCUT2D eigenvalue weighted by molar-refractivity contribution is 5.98. The Morgan fingerprint density at radius 3 is 2.76 bits per heavy atom. The zero-order valence-electron chi connectivity index (χ0n) is 17.9. The molecule has 4 heteroatoms. The van der Waals surface area contributed by atoms with Crippen LogP contribution in [0.15, 0.2) is 18.2 Å². The van der Waals surface area contributed by atoms with Gasteiger partial charge in [0.1, 0.15) is 5.75 Å². The quantitative estimate of drug-likeness (QED) is 0.703. The fourth-order valence-electron chi connectivity index (χ4n) is 1.20. The van der Waals surface area contributed by atoms with E-state index >= 15 is 0 Å². The van der Waals surface area contributed by atoms with Crippen LogP contribution in [-0.4, -0.2) is 28.1 Å². The smallest absolute Gasteiger partial charge is 0.176 e. The molecule has 3 N–H and O–H groups in total. The second kappa shape index (κ2) is 5.29. The van der Waals surface area contributed by atoms with Crippen LogP contribution in [0.3, 0.4) is 0 Å². The standard InChI is InChI=1S/C13H19NO3/c1-13(2,3)14-7-12(17)9-4-5-11(16)10(6-9)8-15/h4-6,14-16H,7-8H2,1-3H3/i1D3,2D3,3D3. The molecule has 0 unspecified atom stereocenters. The molecule has 0 aliphatic heterocycles. The van der Waals surface area contributed by atoms with E-state index in [1.165, 1.54) is 6.07 Å². The summed E-state index contributed by atoms with van der Waals surface area (Å²) in [7, 11) is 0. The van der Waals surface area contributed by atoms with E-state index < -0.39 is 45.0 Å². The van der Waals surface area contributed by atoms with Crippen LogP contribution in [0.5, 0.6) is 5.75 Å². The van der Waals surface area contributed by atoms with E-state index in [4.69, 9.17) is 17.4 Å². The van der Waals surface area contributed by atoms with Crippen LogP contribution in [0.4, 0.5) is 0 Å². The Hall–Kier alpha value is -1.39. The Kier molecular flexibility index (Phi) is 1.71. The number of ketones is 1. The number of Topliss-reactive ketones (excluding diaryl/α,β-unsaturated/α-hetero) is 1. The minimum absolute atomic E-state index is 0.0320. The van der Waals surface area contributed by atoms with Crippen molar-refractivity contribution >= 4 is 5.78 Å². The molecule has 1 aromatic carbocycles. The van der Waals surface area contributed by atoms with Gasteiger partial charge in [-0.25, -0.2) is 0 Å². The Morgan fingerprint density at radius 2 is 2.18 bits per heavy atom. The van der Waals surface area contributed by atoms with Crippen molar-refractivity contribution in [2.24, 2.45) is 0 Å². The number of phenols is 1. The van der Waals surface area contributed by atoms with E-state index in [0.717, 1.165) is 12.1 Å². The number of carbonyl (C=O) groups excluding carboxylic acids is 1. The summed E-state index contributed by atoms with van der Waals surface area (Å²) in [6, 6.07) is 3.45. The molecule has 0 bridgehead atoms. The van der Waals surface area contributed by atoms with Crippen molar-refractivity contribution in [3.63, 3.8) is 0 Å². The average molecular weight is 246 g/mol. The lowest BCUT2D eigenvalue weighted by Gasteiger charge is -2.19. The molecule has 4 nitrogen and oxygen atoms in total. The molecule has 0 saturated carbocycles. The first-order chi connectivity index (χ1) is 11.6. The van der Waals surface area contributed by atoms with Gasteiger partial charge in [0, 0.05) is 29.0 Å². The molecule has 0 aliphatic carbocycles. The normalized spacial score (nSPS) is 21.6. The molecule has 0 spiro atoms. The summed E-state index contributed by atoms with van der Waals surface area (Å²) < 4.78 is 67.2. The van der Waals surface area contributed by atoms with Crippen molar-refractivity contribution in [1.29, 1.82) is 0 Å². The first kappa shape index (κ1) is 5.50. The highest BCUT2D eigenvalue weighted by Crippen LogP contribution is 2.18. The number of nitrogens with one attached hydrogen (secondary N) is 1. The summed E-state index contributed by atoms with van der Waals surface area (Å²) >= 11 is 0. The molecule has 0 fully saturated rings. The zero-order valence-corrected chi connectivity index (χ0v) is 8.95. The minimum atomic E-state index is -3.46. The number of aromatic hydroxyl groups is 1. The maximum Gasteiger partial charge on any atom is 0.176 e. The van der Waals surface area contributed by atoms with Crippen molar-refractivity contribution in [2.45, 2.75) is 32.7 Å². The number of hydrogen-bond acceptors (Lipinski definition) is 4. The van der Waals surface area contributed by atoms with E-state index in [9.17, 15) is 9.90 Å². The fourth-order valence-corrected chi connectivity index (χ4v) is 1.20. The first-order valence-electron chi connectivity index (χ1n) is 9.29. The van der Waals surface area contributed by atoms with Crippen LogP contribution in [-0.2, 0) is 6.61 Å². The third-order valence-electron chi connectivity index (χ3n) is 2.09. The van der Waals surface area contributed by atoms with E-state index in [1.807, 2.05) is 5.32 Å². The van der Waals surface area contributed by atoms with Gasteiger partial charge in [0.25, 0.3) is 0 Å². The van der Waals surface area contributed by atoms with Crippen LogP contribution in [0.25, 0.3) is 0 Å². The van der Waals surface area contributed by atoms with Crippen LogP contribution in [0, 0.1) is 0 Å². The van der Waals surface area contributed by atoms with Crippen molar-refractivity contribution in [1.82, 2.24) is 5.32 Å². The molecule has 1 rings (SSSR count). The van der Waals surface area contributed by atoms with Gasteiger partial charge in [0.05, 0.1) is 13.2 Å². The number of benzene rings is 1. The molecule has 1 aromatic rings. The fraction of sp³-hybridized carbons (Fsp3) is 0.462. The lowest BCUT2D eigenvalue weighted by molar-refractivity contribution is 0.0982.